The van der Waals surface area contributed by atoms with Crippen LogP contribution in [0.25, 0.3) is 0 Å². The lowest BCUT2D eigenvalue weighted by atomic mass is 9.81. The Balaban J connectivity index is 0.000000209. The lowest BCUT2D eigenvalue weighted by Crippen LogP contribution is -2.48. The Bertz CT molecular complexity index is 679. The fourth-order valence-corrected chi connectivity index (χ4v) is 3.63. The number of alkyl halides is 3. The molecule has 6 nitrogen and oxygen atoms in total. The number of carboxylic acids is 1. The number of amides is 1. The van der Waals surface area contributed by atoms with E-state index < -0.39 is 12.1 Å². The Labute approximate surface area is 135 Å². The normalized spacial score (nSPS) is 30.0. The van der Waals surface area contributed by atoms with Gasteiger partial charge in [-0.2, -0.15) is 13.2 Å². The summed E-state index contributed by atoms with van der Waals surface area (Å²) in [5.41, 5.74) is 1.68. The van der Waals surface area contributed by atoms with Crippen LogP contribution in [0.3, 0.4) is 0 Å². The van der Waals surface area contributed by atoms with E-state index in [1.165, 1.54) is 0 Å². The summed E-state index contributed by atoms with van der Waals surface area (Å²) in [4.78, 5) is 20.6. The van der Waals surface area contributed by atoms with Gasteiger partial charge in [0.2, 0.25) is 0 Å². The standard InChI is InChI=1S/C13H14N2O2.C2HF3O2/c16-12-15-11-4-2-1-3-10(11)13(17-12)6-9-5-8(13)7-14-9;3-2(4,5)1(6)7/h1-4,8-9,14H,5-7H2,(H,15,16);(H,6,7). The van der Waals surface area contributed by atoms with Crippen molar-refractivity contribution in [1.29, 1.82) is 0 Å². The Hall–Kier alpha value is -2.29. The molecule has 9 heteroatoms. The summed E-state index contributed by atoms with van der Waals surface area (Å²) >= 11 is 0. The quantitative estimate of drug-likeness (QED) is 0.673. The first-order valence-electron chi connectivity index (χ1n) is 7.35. The molecule has 3 aliphatic rings. The third kappa shape index (κ3) is 2.79. The molecule has 3 atom stereocenters. The molecule has 2 bridgehead atoms. The first-order chi connectivity index (χ1) is 11.2. The average Bonchev–Trinajstić information content (AvgIpc) is 3.08. The van der Waals surface area contributed by atoms with Gasteiger partial charge < -0.3 is 15.2 Å². The van der Waals surface area contributed by atoms with Crippen LogP contribution < -0.4 is 10.6 Å². The number of rotatable bonds is 0. The van der Waals surface area contributed by atoms with Crippen molar-refractivity contribution in [3.05, 3.63) is 29.8 Å². The van der Waals surface area contributed by atoms with Gasteiger partial charge in [-0.3, -0.25) is 5.32 Å². The minimum absolute atomic E-state index is 0.309. The number of para-hydroxylation sites is 1. The molecular formula is C15H15F3N2O4. The summed E-state index contributed by atoms with van der Waals surface area (Å²) in [5.74, 6) is -2.34. The molecule has 1 aliphatic carbocycles. The Kier molecular flexibility index (Phi) is 3.90. The van der Waals surface area contributed by atoms with Crippen molar-refractivity contribution < 1.29 is 32.6 Å². The van der Waals surface area contributed by atoms with E-state index in [1.54, 1.807) is 0 Å². The highest BCUT2D eigenvalue weighted by Gasteiger charge is 2.57. The Morgan fingerprint density at radius 2 is 2.00 bits per heavy atom. The van der Waals surface area contributed by atoms with Gasteiger partial charge in [-0.1, -0.05) is 18.2 Å². The van der Waals surface area contributed by atoms with Crippen LogP contribution in [0.5, 0.6) is 0 Å². The number of fused-ring (bicyclic) bond motifs is 5. The first kappa shape index (κ1) is 16.6. The van der Waals surface area contributed by atoms with Crippen molar-refractivity contribution in [2.75, 3.05) is 11.9 Å². The maximum atomic E-state index is 11.7. The van der Waals surface area contributed by atoms with E-state index in [0.29, 0.717) is 12.0 Å². The molecule has 0 radical (unpaired) electrons. The molecule has 0 aromatic heterocycles. The molecule has 24 heavy (non-hydrogen) atoms. The number of benzene rings is 1. The molecule has 3 unspecified atom stereocenters. The molecule has 3 N–H and O–H groups in total. The summed E-state index contributed by atoms with van der Waals surface area (Å²) in [6.07, 6.45) is -3.37. The number of ether oxygens (including phenoxy) is 1. The zero-order valence-corrected chi connectivity index (χ0v) is 12.4. The van der Waals surface area contributed by atoms with E-state index in [0.717, 1.165) is 30.6 Å². The second-order valence-corrected chi connectivity index (χ2v) is 5.99. The first-order valence-corrected chi connectivity index (χ1v) is 7.35. The van der Waals surface area contributed by atoms with Crippen LogP contribution in [-0.2, 0) is 15.1 Å². The number of anilines is 1. The van der Waals surface area contributed by atoms with Crippen LogP contribution >= 0.6 is 0 Å². The molecule has 1 spiro atoms. The van der Waals surface area contributed by atoms with Crippen molar-refractivity contribution >= 4 is 17.7 Å². The Morgan fingerprint density at radius 1 is 1.33 bits per heavy atom. The van der Waals surface area contributed by atoms with E-state index in [4.69, 9.17) is 14.6 Å². The van der Waals surface area contributed by atoms with Crippen LogP contribution in [0.1, 0.15) is 18.4 Å². The molecule has 1 amide bonds. The van der Waals surface area contributed by atoms with Crippen LogP contribution in [0.2, 0.25) is 0 Å². The van der Waals surface area contributed by atoms with Gasteiger partial charge in [0.05, 0.1) is 5.69 Å². The molecule has 2 heterocycles. The predicted molar refractivity (Wildman–Crippen MR) is 76.4 cm³/mol. The molecule has 2 aliphatic heterocycles. The summed E-state index contributed by atoms with van der Waals surface area (Å²) in [6.45, 7) is 0.951. The summed E-state index contributed by atoms with van der Waals surface area (Å²) in [5, 5.41) is 13.4. The zero-order valence-electron chi connectivity index (χ0n) is 12.4. The maximum Gasteiger partial charge on any atom is 0.490 e. The van der Waals surface area contributed by atoms with Crippen molar-refractivity contribution in [3.63, 3.8) is 0 Å². The SMILES string of the molecule is O=C(O)C(F)(F)F.O=C1Nc2ccccc2C2(CC3CC2CN3)O1. The van der Waals surface area contributed by atoms with Crippen LogP contribution in [0.4, 0.5) is 23.7 Å². The van der Waals surface area contributed by atoms with Crippen molar-refractivity contribution in [2.24, 2.45) is 5.92 Å². The smallest absolute Gasteiger partial charge is 0.475 e. The predicted octanol–water partition coefficient (Wildman–Crippen LogP) is 2.46. The van der Waals surface area contributed by atoms with Gasteiger partial charge in [0.25, 0.3) is 0 Å². The molecular weight excluding hydrogens is 329 g/mol. The van der Waals surface area contributed by atoms with Gasteiger partial charge in [0.15, 0.2) is 0 Å². The topological polar surface area (TPSA) is 87.7 Å². The highest BCUT2D eigenvalue weighted by Crippen LogP contribution is 2.53. The maximum absolute atomic E-state index is 11.7. The lowest BCUT2D eigenvalue weighted by Gasteiger charge is -2.41. The van der Waals surface area contributed by atoms with Crippen molar-refractivity contribution in [1.82, 2.24) is 5.32 Å². The minimum Gasteiger partial charge on any atom is -0.475 e. The number of halogens is 3. The van der Waals surface area contributed by atoms with Gasteiger partial charge in [0, 0.05) is 30.5 Å². The number of carbonyl (C=O) groups excluding carboxylic acids is 1. The number of piperidine rings is 1. The van der Waals surface area contributed by atoms with E-state index in [1.807, 2.05) is 18.2 Å². The summed E-state index contributed by atoms with van der Waals surface area (Å²) in [6, 6.07) is 8.50. The molecule has 1 saturated heterocycles. The van der Waals surface area contributed by atoms with E-state index >= 15 is 0 Å². The highest BCUT2D eigenvalue weighted by atomic mass is 19.4. The van der Waals surface area contributed by atoms with E-state index in [9.17, 15) is 18.0 Å². The number of nitrogens with one attached hydrogen (secondary N) is 2. The average molecular weight is 344 g/mol. The Morgan fingerprint density at radius 3 is 2.54 bits per heavy atom. The van der Waals surface area contributed by atoms with Crippen LogP contribution in [0, 0.1) is 5.92 Å². The van der Waals surface area contributed by atoms with Crippen LogP contribution in [-0.4, -0.2) is 35.9 Å². The van der Waals surface area contributed by atoms with Crippen molar-refractivity contribution in [2.45, 2.75) is 30.7 Å². The minimum atomic E-state index is -5.08. The third-order valence-electron chi connectivity index (χ3n) is 4.57. The number of carboxylic acid groups (broad SMARTS) is 1. The number of hydrogen-bond donors (Lipinski definition) is 3. The monoisotopic (exact) mass is 344 g/mol. The molecule has 130 valence electrons. The van der Waals surface area contributed by atoms with Gasteiger partial charge in [0.1, 0.15) is 5.60 Å². The molecule has 1 aromatic rings. The van der Waals surface area contributed by atoms with E-state index in [2.05, 4.69) is 16.7 Å². The number of aliphatic carboxylic acids is 1. The van der Waals surface area contributed by atoms with Crippen LogP contribution in [0.15, 0.2) is 24.3 Å². The molecule has 1 saturated carbocycles. The second kappa shape index (κ2) is 5.66. The number of hydrogen-bond acceptors (Lipinski definition) is 4. The van der Waals surface area contributed by atoms with Gasteiger partial charge in [-0.05, 0) is 12.5 Å². The van der Waals surface area contributed by atoms with Gasteiger partial charge in [-0.25, -0.2) is 9.59 Å². The fraction of sp³-hybridized carbons (Fsp3) is 0.467. The molecule has 4 rings (SSSR count). The number of carbonyl (C=O) groups is 2. The third-order valence-corrected chi connectivity index (χ3v) is 4.57. The summed E-state index contributed by atoms with van der Waals surface area (Å²) < 4.78 is 37.4. The molecule has 2 fully saturated rings. The molecule has 1 aromatic carbocycles. The zero-order chi connectivity index (χ0) is 17.5. The van der Waals surface area contributed by atoms with Crippen molar-refractivity contribution in [3.8, 4) is 0 Å². The summed E-state index contributed by atoms with van der Waals surface area (Å²) in [7, 11) is 0. The lowest BCUT2D eigenvalue weighted by molar-refractivity contribution is -0.192. The van der Waals surface area contributed by atoms with Gasteiger partial charge >= 0.3 is 18.2 Å². The second-order valence-electron chi connectivity index (χ2n) is 5.99. The fourth-order valence-electron chi connectivity index (χ4n) is 3.63. The van der Waals surface area contributed by atoms with Gasteiger partial charge in [-0.15, -0.1) is 0 Å². The van der Waals surface area contributed by atoms with E-state index in [-0.39, 0.29) is 11.7 Å². The highest BCUT2D eigenvalue weighted by molar-refractivity contribution is 5.89. The largest absolute Gasteiger partial charge is 0.490 e.